The molecule has 1 aromatic heterocycles. The van der Waals surface area contributed by atoms with Crippen molar-refractivity contribution < 1.29 is 0 Å². The Labute approximate surface area is 136 Å². The van der Waals surface area contributed by atoms with E-state index in [2.05, 4.69) is 16.5 Å². The predicted molar refractivity (Wildman–Crippen MR) is 90.2 cm³/mol. The Bertz CT molecular complexity index is 613. The maximum atomic E-state index is 6.43. The van der Waals surface area contributed by atoms with Crippen LogP contribution < -0.4 is 0 Å². The van der Waals surface area contributed by atoms with Gasteiger partial charge in [-0.2, -0.15) is 0 Å². The average molecular weight is 325 g/mol. The third kappa shape index (κ3) is 2.93. The molecular weight excluding hydrogens is 303 g/mol. The van der Waals surface area contributed by atoms with Crippen LogP contribution in [-0.4, -0.2) is 9.55 Å². The van der Waals surface area contributed by atoms with Crippen molar-refractivity contribution in [3.05, 3.63) is 29.0 Å². The third-order valence-corrected chi connectivity index (χ3v) is 5.28. The smallest absolute Gasteiger partial charge is 0.125 e. The summed E-state index contributed by atoms with van der Waals surface area (Å²) in [6, 6.07) is 6.43. The summed E-state index contributed by atoms with van der Waals surface area (Å²) in [4.78, 5) is 4.67. The lowest BCUT2D eigenvalue weighted by molar-refractivity contribution is 0.263. The molecule has 1 aliphatic rings. The van der Waals surface area contributed by atoms with Crippen LogP contribution >= 0.6 is 23.2 Å². The molecule has 4 heteroatoms. The Kier molecular flexibility index (Phi) is 4.75. The highest BCUT2D eigenvalue weighted by Gasteiger charge is 2.25. The molecule has 0 aliphatic heterocycles. The molecule has 1 aromatic carbocycles. The molecule has 0 N–H and O–H groups in total. The second kappa shape index (κ2) is 6.58. The van der Waals surface area contributed by atoms with Gasteiger partial charge < -0.3 is 4.57 Å². The van der Waals surface area contributed by atoms with Gasteiger partial charge in [0.05, 0.1) is 21.9 Å². The minimum atomic E-state index is 0.444. The number of aromatic nitrogens is 2. The van der Waals surface area contributed by atoms with Crippen molar-refractivity contribution in [1.29, 1.82) is 0 Å². The molecule has 0 unspecified atom stereocenters. The fraction of sp³-hybridized carbons (Fsp3) is 0.588. The van der Waals surface area contributed by atoms with Gasteiger partial charge in [-0.05, 0) is 43.7 Å². The lowest BCUT2D eigenvalue weighted by atomic mass is 9.83. The van der Waals surface area contributed by atoms with Crippen LogP contribution in [0.5, 0.6) is 0 Å². The van der Waals surface area contributed by atoms with E-state index >= 15 is 0 Å². The van der Waals surface area contributed by atoms with E-state index in [-0.39, 0.29) is 0 Å². The Morgan fingerprint density at radius 1 is 1.24 bits per heavy atom. The molecule has 21 heavy (non-hydrogen) atoms. The minimum absolute atomic E-state index is 0.444. The van der Waals surface area contributed by atoms with Crippen LogP contribution in [0.15, 0.2) is 18.2 Å². The van der Waals surface area contributed by atoms with Gasteiger partial charge in [0, 0.05) is 6.04 Å². The number of hydrogen-bond donors (Lipinski definition) is 0. The van der Waals surface area contributed by atoms with Crippen molar-refractivity contribution >= 4 is 34.2 Å². The second-order valence-corrected chi connectivity index (χ2v) is 6.78. The van der Waals surface area contributed by atoms with Gasteiger partial charge in [0.15, 0.2) is 0 Å². The molecule has 0 bridgehead atoms. The first-order valence-electron chi connectivity index (χ1n) is 7.95. The Balaban J connectivity index is 1.93. The summed E-state index contributed by atoms with van der Waals surface area (Å²) in [6.45, 7) is 2.28. The summed E-state index contributed by atoms with van der Waals surface area (Å²) in [5.41, 5.74) is 2.03. The molecule has 2 aromatic rings. The predicted octanol–water partition coefficient (Wildman–Crippen LogP) is 5.96. The average Bonchev–Trinajstić information content (AvgIpc) is 2.88. The fourth-order valence-corrected chi connectivity index (χ4v) is 4.19. The van der Waals surface area contributed by atoms with Crippen molar-refractivity contribution in [3.63, 3.8) is 0 Å². The number of fused-ring (bicyclic) bond motifs is 1. The standard InChI is InChI=1S/C17H22Cl2N2/c1-2-4-12-7-9-13(10-8-12)21-16(11-18)20-15-6-3-5-14(19)17(15)21/h3,5-6,12-13H,2,4,7-11H2,1H3. The first-order valence-corrected chi connectivity index (χ1v) is 8.87. The van der Waals surface area contributed by atoms with Crippen molar-refractivity contribution in [2.75, 3.05) is 0 Å². The molecule has 0 radical (unpaired) electrons. The van der Waals surface area contributed by atoms with Crippen molar-refractivity contribution in [2.45, 2.75) is 57.4 Å². The van der Waals surface area contributed by atoms with Gasteiger partial charge in [0.2, 0.25) is 0 Å². The molecule has 1 heterocycles. The van der Waals surface area contributed by atoms with E-state index in [1.54, 1.807) is 0 Å². The maximum Gasteiger partial charge on any atom is 0.125 e. The number of alkyl halides is 1. The van der Waals surface area contributed by atoms with Crippen LogP contribution in [0.4, 0.5) is 0 Å². The van der Waals surface area contributed by atoms with Crippen LogP contribution in [0.1, 0.15) is 57.3 Å². The minimum Gasteiger partial charge on any atom is -0.323 e. The number of rotatable bonds is 4. The van der Waals surface area contributed by atoms with E-state index in [4.69, 9.17) is 23.2 Å². The highest BCUT2D eigenvalue weighted by molar-refractivity contribution is 6.35. The zero-order valence-electron chi connectivity index (χ0n) is 12.5. The van der Waals surface area contributed by atoms with Gasteiger partial charge >= 0.3 is 0 Å². The Morgan fingerprint density at radius 2 is 2.00 bits per heavy atom. The largest absolute Gasteiger partial charge is 0.323 e. The Morgan fingerprint density at radius 3 is 2.67 bits per heavy atom. The highest BCUT2D eigenvalue weighted by Crippen LogP contribution is 2.38. The SMILES string of the molecule is CCCC1CCC(n2c(CCl)nc3cccc(Cl)c32)CC1. The fourth-order valence-electron chi connectivity index (χ4n) is 3.74. The zero-order chi connectivity index (χ0) is 14.8. The maximum absolute atomic E-state index is 6.43. The van der Waals surface area contributed by atoms with Crippen molar-refractivity contribution in [3.8, 4) is 0 Å². The molecule has 1 aliphatic carbocycles. The summed E-state index contributed by atoms with van der Waals surface area (Å²) in [5.74, 6) is 2.30. The normalized spacial score (nSPS) is 22.8. The summed E-state index contributed by atoms with van der Waals surface area (Å²) in [7, 11) is 0. The summed E-state index contributed by atoms with van der Waals surface area (Å²) in [5, 5.41) is 0.784. The number of halogens is 2. The topological polar surface area (TPSA) is 17.8 Å². The molecule has 3 rings (SSSR count). The second-order valence-electron chi connectivity index (χ2n) is 6.10. The number of imidazole rings is 1. The van der Waals surface area contributed by atoms with Gasteiger partial charge in [-0.1, -0.05) is 37.4 Å². The van der Waals surface area contributed by atoms with E-state index < -0.39 is 0 Å². The van der Waals surface area contributed by atoms with Crippen molar-refractivity contribution in [2.24, 2.45) is 5.92 Å². The number of hydrogen-bond acceptors (Lipinski definition) is 1. The summed E-state index contributed by atoms with van der Waals surface area (Å²) >= 11 is 12.6. The zero-order valence-corrected chi connectivity index (χ0v) is 14.0. The number of benzene rings is 1. The monoisotopic (exact) mass is 324 g/mol. The van der Waals surface area contributed by atoms with Crippen LogP contribution in [0.25, 0.3) is 11.0 Å². The van der Waals surface area contributed by atoms with E-state index in [1.807, 2.05) is 18.2 Å². The molecule has 114 valence electrons. The first kappa shape index (κ1) is 15.2. The van der Waals surface area contributed by atoms with E-state index in [1.165, 1.54) is 38.5 Å². The lowest BCUT2D eigenvalue weighted by Gasteiger charge is -2.30. The number of nitrogens with zero attached hydrogens (tertiary/aromatic N) is 2. The van der Waals surface area contributed by atoms with E-state index in [9.17, 15) is 0 Å². The van der Waals surface area contributed by atoms with E-state index in [0.29, 0.717) is 11.9 Å². The molecule has 0 atom stereocenters. The summed E-state index contributed by atoms with van der Waals surface area (Å²) < 4.78 is 2.31. The van der Waals surface area contributed by atoms with Crippen molar-refractivity contribution in [1.82, 2.24) is 9.55 Å². The van der Waals surface area contributed by atoms with Gasteiger partial charge in [-0.3, -0.25) is 0 Å². The van der Waals surface area contributed by atoms with Gasteiger partial charge in [0.1, 0.15) is 5.82 Å². The van der Waals surface area contributed by atoms with E-state index in [0.717, 1.165) is 27.8 Å². The van der Waals surface area contributed by atoms with Gasteiger partial charge in [-0.15, -0.1) is 11.6 Å². The molecule has 1 saturated carbocycles. The highest BCUT2D eigenvalue weighted by atomic mass is 35.5. The Hall–Kier alpha value is -0.730. The molecular formula is C17H22Cl2N2. The van der Waals surface area contributed by atoms with Crippen LogP contribution in [0.2, 0.25) is 5.02 Å². The third-order valence-electron chi connectivity index (χ3n) is 4.73. The molecule has 0 spiro atoms. The number of para-hydroxylation sites is 1. The molecule has 1 fully saturated rings. The summed E-state index contributed by atoms with van der Waals surface area (Å²) in [6.07, 6.45) is 7.70. The van der Waals surface area contributed by atoms with Crippen LogP contribution in [0.3, 0.4) is 0 Å². The van der Waals surface area contributed by atoms with Crippen LogP contribution in [0, 0.1) is 5.92 Å². The first-order chi connectivity index (χ1) is 10.2. The lowest BCUT2D eigenvalue weighted by Crippen LogP contribution is -2.19. The molecule has 2 nitrogen and oxygen atoms in total. The van der Waals surface area contributed by atoms with Gasteiger partial charge in [-0.25, -0.2) is 4.98 Å². The van der Waals surface area contributed by atoms with Gasteiger partial charge in [0.25, 0.3) is 0 Å². The quantitative estimate of drug-likeness (QED) is 0.634. The molecule has 0 amide bonds. The van der Waals surface area contributed by atoms with Crippen LogP contribution in [-0.2, 0) is 5.88 Å². The molecule has 0 saturated heterocycles.